The number of amides is 2. The minimum Gasteiger partial charge on any atom is -0.356 e. The second-order valence-corrected chi connectivity index (χ2v) is 8.53. The highest BCUT2D eigenvalue weighted by molar-refractivity contribution is 6.32. The first-order valence-corrected chi connectivity index (χ1v) is 11.2. The van der Waals surface area contributed by atoms with Crippen molar-refractivity contribution in [1.29, 1.82) is 0 Å². The van der Waals surface area contributed by atoms with Crippen LogP contribution in [-0.4, -0.2) is 44.5 Å². The molecule has 0 bridgehead atoms. The van der Waals surface area contributed by atoms with E-state index in [1.54, 1.807) is 18.2 Å². The highest BCUT2D eigenvalue weighted by Crippen LogP contribution is 2.35. The molecule has 8 nitrogen and oxygen atoms in total. The third kappa shape index (κ3) is 5.79. The van der Waals surface area contributed by atoms with E-state index in [0.29, 0.717) is 11.3 Å². The maximum absolute atomic E-state index is 14.1. The van der Waals surface area contributed by atoms with E-state index in [-0.39, 0.29) is 36.9 Å². The van der Waals surface area contributed by atoms with E-state index >= 15 is 0 Å². The molecule has 2 amide bonds. The van der Waals surface area contributed by atoms with E-state index in [4.69, 9.17) is 16.1 Å². The molecule has 1 N–H and O–H groups in total. The Hall–Kier alpha value is -3.47. The van der Waals surface area contributed by atoms with Gasteiger partial charge in [0, 0.05) is 54.2 Å². The summed E-state index contributed by atoms with van der Waals surface area (Å²) in [6.45, 7) is 0. The van der Waals surface area contributed by atoms with Gasteiger partial charge in [-0.3, -0.25) is 14.5 Å². The number of hydrogen-bond acceptors (Lipinski definition) is 6. The third-order valence-electron chi connectivity index (χ3n) is 5.76. The SMILES string of the molecule is O=C(NC1CCC(F)(F)CC1)C(c1cncnc1)N(C(=O)C(F)Cl)c1ccc(-c2ccno2)cc1. The van der Waals surface area contributed by atoms with E-state index in [1.165, 1.54) is 37.1 Å². The Balaban J connectivity index is 1.68. The Kier molecular flexibility index (Phi) is 7.34. The molecule has 3 aromatic rings. The van der Waals surface area contributed by atoms with Crippen molar-refractivity contribution in [2.45, 2.75) is 49.3 Å². The molecule has 1 saturated carbocycles. The number of hydrogen-bond donors (Lipinski definition) is 1. The Morgan fingerprint density at radius 1 is 1.11 bits per heavy atom. The zero-order chi connectivity index (χ0) is 25.0. The van der Waals surface area contributed by atoms with Gasteiger partial charge in [0.05, 0.1) is 6.20 Å². The number of alkyl halides is 4. The molecule has 2 aromatic heterocycles. The Bertz CT molecular complexity index is 1140. The Labute approximate surface area is 203 Å². The first-order chi connectivity index (χ1) is 16.7. The van der Waals surface area contributed by atoms with Crippen molar-refractivity contribution in [3.05, 3.63) is 60.8 Å². The van der Waals surface area contributed by atoms with Gasteiger partial charge >= 0.3 is 0 Å². The smallest absolute Gasteiger partial charge is 0.278 e. The van der Waals surface area contributed by atoms with Gasteiger partial charge in [0.2, 0.25) is 11.8 Å². The van der Waals surface area contributed by atoms with Crippen molar-refractivity contribution in [3.63, 3.8) is 0 Å². The van der Waals surface area contributed by atoms with Crippen LogP contribution in [0.5, 0.6) is 0 Å². The van der Waals surface area contributed by atoms with E-state index < -0.39 is 35.5 Å². The topological polar surface area (TPSA) is 101 Å². The molecule has 0 spiro atoms. The minimum absolute atomic E-state index is 0.0673. The summed E-state index contributed by atoms with van der Waals surface area (Å²) in [5.41, 5.74) is -1.46. The van der Waals surface area contributed by atoms with Crippen molar-refractivity contribution < 1.29 is 27.3 Å². The molecule has 35 heavy (non-hydrogen) atoms. The van der Waals surface area contributed by atoms with Gasteiger partial charge in [-0.25, -0.2) is 23.1 Å². The fourth-order valence-electron chi connectivity index (χ4n) is 3.99. The summed E-state index contributed by atoms with van der Waals surface area (Å²) in [7, 11) is 0. The fraction of sp³-hybridized carbons (Fsp3) is 0.348. The van der Waals surface area contributed by atoms with Gasteiger partial charge in [-0.15, -0.1) is 0 Å². The van der Waals surface area contributed by atoms with Crippen molar-refractivity contribution in [1.82, 2.24) is 20.4 Å². The van der Waals surface area contributed by atoms with E-state index in [2.05, 4.69) is 20.4 Å². The van der Waals surface area contributed by atoms with E-state index in [0.717, 1.165) is 4.90 Å². The lowest BCUT2D eigenvalue weighted by Crippen LogP contribution is -2.49. The predicted octanol–water partition coefficient (Wildman–Crippen LogP) is 4.43. The van der Waals surface area contributed by atoms with Crippen molar-refractivity contribution in [2.24, 2.45) is 0 Å². The molecule has 1 aromatic carbocycles. The number of nitrogens with zero attached hydrogens (tertiary/aromatic N) is 4. The molecule has 2 heterocycles. The summed E-state index contributed by atoms with van der Waals surface area (Å²) in [6, 6.07) is 5.92. The summed E-state index contributed by atoms with van der Waals surface area (Å²) in [5.74, 6) is -4.19. The molecule has 0 aliphatic heterocycles. The van der Waals surface area contributed by atoms with Gasteiger partial charge < -0.3 is 9.84 Å². The van der Waals surface area contributed by atoms with Crippen LogP contribution in [0.4, 0.5) is 18.9 Å². The average Bonchev–Trinajstić information content (AvgIpc) is 3.39. The molecule has 0 radical (unpaired) electrons. The lowest BCUT2D eigenvalue weighted by molar-refractivity contribution is -0.128. The number of aromatic nitrogens is 3. The molecule has 0 saturated heterocycles. The van der Waals surface area contributed by atoms with Crippen molar-refractivity contribution >= 4 is 29.1 Å². The summed E-state index contributed by atoms with van der Waals surface area (Å²) < 4.78 is 46.4. The number of anilines is 1. The van der Waals surface area contributed by atoms with Crippen LogP contribution in [0, 0.1) is 0 Å². The van der Waals surface area contributed by atoms with Gasteiger partial charge in [-0.1, -0.05) is 16.8 Å². The van der Waals surface area contributed by atoms with Gasteiger partial charge in [-0.2, -0.15) is 0 Å². The highest BCUT2D eigenvalue weighted by atomic mass is 35.5. The highest BCUT2D eigenvalue weighted by Gasteiger charge is 2.39. The summed E-state index contributed by atoms with van der Waals surface area (Å²) in [5, 5.41) is 6.37. The second kappa shape index (κ2) is 10.4. The number of carbonyl (C=O) groups excluding carboxylic acids is 2. The average molecular weight is 508 g/mol. The normalized spacial score (nSPS) is 17.4. The van der Waals surface area contributed by atoms with Crippen LogP contribution >= 0.6 is 11.6 Å². The lowest BCUT2D eigenvalue weighted by Gasteiger charge is -2.34. The molecule has 1 aliphatic carbocycles. The number of halogens is 4. The molecule has 184 valence electrons. The molecular formula is C23H21ClF3N5O3. The third-order valence-corrected chi connectivity index (χ3v) is 5.94. The predicted molar refractivity (Wildman–Crippen MR) is 120 cm³/mol. The van der Waals surface area contributed by atoms with E-state index in [1.807, 2.05) is 0 Å². The molecular weight excluding hydrogens is 487 g/mol. The maximum atomic E-state index is 14.1. The van der Waals surface area contributed by atoms with Crippen LogP contribution in [0.1, 0.15) is 37.3 Å². The van der Waals surface area contributed by atoms with Crippen LogP contribution in [0.2, 0.25) is 0 Å². The molecule has 2 unspecified atom stereocenters. The number of carbonyl (C=O) groups is 2. The molecule has 12 heteroatoms. The summed E-state index contributed by atoms with van der Waals surface area (Å²) >= 11 is 5.52. The van der Waals surface area contributed by atoms with Crippen molar-refractivity contribution in [3.8, 4) is 11.3 Å². The molecule has 4 rings (SSSR count). The Morgan fingerprint density at radius 2 is 1.77 bits per heavy atom. The van der Waals surface area contributed by atoms with Crippen molar-refractivity contribution in [2.75, 3.05) is 4.90 Å². The fourth-order valence-corrected chi connectivity index (χ4v) is 4.10. The molecule has 2 atom stereocenters. The maximum Gasteiger partial charge on any atom is 0.278 e. The zero-order valence-electron chi connectivity index (χ0n) is 18.3. The number of rotatable bonds is 7. The van der Waals surface area contributed by atoms with Crippen LogP contribution in [0.15, 0.2) is 59.8 Å². The number of benzene rings is 1. The standard InChI is InChI=1S/C23H21ClF3N5O3/c24-20(25)22(34)32(17-3-1-14(2-4-17)18-7-10-30-35-18)19(15-11-28-13-29-12-15)21(33)31-16-5-8-23(26,27)9-6-16/h1-4,7,10-13,16,19-20H,5-6,8-9H2,(H,31,33). The monoisotopic (exact) mass is 507 g/mol. The van der Waals surface area contributed by atoms with Gasteiger partial charge in [0.15, 0.2) is 5.76 Å². The Morgan fingerprint density at radius 3 is 2.34 bits per heavy atom. The second-order valence-electron chi connectivity index (χ2n) is 8.15. The number of nitrogens with one attached hydrogen (secondary N) is 1. The first kappa shape index (κ1) is 24.6. The largest absolute Gasteiger partial charge is 0.356 e. The lowest BCUT2D eigenvalue weighted by atomic mass is 9.92. The minimum atomic E-state index is -2.78. The van der Waals surface area contributed by atoms with Crippen LogP contribution < -0.4 is 10.2 Å². The van der Waals surface area contributed by atoms with E-state index in [9.17, 15) is 22.8 Å². The van der Waals surface area contributed by atoms with Crippen LogP contribution in [0.25, 0.3) is 11.3 Å². The summed E-state index contributed by atoms with van der Waals surface area (Å²) in [6.07, 6.45) is 4.74. The van der Waals surface area contributed by atoms with Crippen LogP contribution in [-0.2, 0) is 9.59 Å². The van der Waals surface area contributed by atoms with Gasteiger partial charge in [0.1, 0.15) is 12.4 Å². The summed E-state index contributed by atoms with van der Waals surface area (Å²) in [4.78, 5) is 35.1. The van der Waals surface area contributed by atoms with Gasteiger partial charge in [0.25, 0.3) is 11.5 Å². The van der Waals surface area contributed by atoms with Crippen LogP contribution in [0.3, 0.4) is 0 Å². The quantitative estimate of drug-likeness (QED) is 0.475. The molecule has 1 fully saturated rings. The molecule has 1 aliphatic rings. The zero-order valence-corrected chi connectivity index (χ0v) is 19.0. The first-order valence-electron chi connectivity index (χ1n) is 10.8. The van der Waals surface area contributed by atoms with Gasteiger partial charge in [-0.05, 0) is 37.1 Å².